The highest BCUT2D eigenvalue weighted by Gasteiger charge is 2.27. The van der Waals surface area contributed by atoms with Gasteiger partial charge in [-0.3, -0.25) is 15.1 Å². The predicted molar refractivity (Wildman–Crippen MR) is 82.4 cm³/mol. The summed E-state index contributed by atoms with van der Waals surface area (Å²) in [6.07, 6.45) is 4.35. The van der Waals surface area contributed by atoms with Crippen molar-refractivity contribution in [2.75, 3.05) is 18.0 Å². The second-order valence-electron chi connectivity index (χ2n) is 5.64. The zero-order valence-electron chi connectivity index (χ0n) is 11.9. The molecule has 2 aromatic rings. The summed E-state index contributed by atoms with van der Waals surface area (Å²) in [5.74, 6) is 0.465. The molecular formula is C15H18N4O2. The summed E-state index contributed by atoms with van der Waals surface area (Å²) in [5.41, 5.74) is 7.12. The van der Waals surface area contributed by atoms with Crippen molar-refractivity contribution in [3.05, 3.63) is 40.7 Å². The summed E-state index contributed by atoms with van der Waals surface area (Å²) in [5, 5.41) is 12.6. The van der Waals surface area contributed by atoms with Crippen molar-refractivity contribution in [2.45, 2.75) is 19.4 Å². The number of rotatable bonds is 3. The van der Waals surface area contributed by atoms with Gasteiger partial charge < -0.3 is 10.6 Å². The number of nitro groups is 1. The highest BCUT2D eigenvalue weighted by atomic mass is 16.6. The normalized spacial score (nSPS) is 19.9. The molecule has 1 aromatic carbocycles. The first-order valence-electron chi connectivity index (χ1n) is 7.09. The average Bonchev–Trinajstić information content (AvgIpc) is 2.95. The molecule has 1 saturated heterocycles. The molecule has 2 heterocycles. The maximum absolute atomic E-state index is 11.1. The maximum Gasteiger partial charge on any atom is 0.277 e. The zero-order chi connectivity index (χ0) is 15.0. The number of pyridine rings is 1. The number of aromatic nitrogens is 1. The molecule has 1 aromatic heterocycles. The van der Waals surface area contributed by atoms with E-state index in [2.05, 4.69) is 9.88 Å². The summed E-state index contributed by atoms with van der Waals surface area (Å²) in [6.45, 7) is 3.84. The lowest BCUT2D eigenvalue weighted by Gasteiger charge is -2.21. The Hall–Kier alpha value is -2.21. The minimum absolute atomic E-state index is 0.124. The molecular weight excluding hydrogens is 268 g/mol. The van der Waals surface area contributed by atoms with Gasteiger partial charge in [-0.2, -0.15) is 0 Å². The number of fused-ring (bicyclic) bond motifs is 1. The molecule has 2 N–H and O–H groups in total. The van der Waals surface area contributed by atoms with Gasteiger partial charge in [0.2, 0.25) is 0 Å². The molecule has 6 heteroatoms. The van der Waals surface area contributed by atoms with Gasteiger partial charge in [-0.05, 0) is 31.4 Å². The molecule has 0 saturated carbocycles. The van der Waals surface area contributed by atoms with Crippen LogP contribution in [-0.2, 0) is 0 Å². The highest BCUT2D eigenvalue weighted by Crippen LogP contribution is 2.35. The van der Waals surface area contributed by atoms with Crippen molar-refractivity contribution in [1.82, 2.24) is 4.98 Å². The van der Waals surface area contributed by atoms with Crippen LogP contribution in [0.4, 0.5) is 11.4 Å². The van der Waals surface area contributed by atoms with Gasteiger partial charge in [-0.15, -0.1) is 0 Å². The largest absolute Gasteiger partial charge is 0.371 e. The van der Waals surface area contributed by atoms with Crippen molar-refractivity contribution >= 4 is 22.1 Å². The zero-order valence-corrected chi connectivity index (χ0v) is 11.9. The fourth-order valence-electron chi connectivity index (χ4n) is 3.03. The molecule has 1 aliphatic heterocycles. The summed E-state index contributed by atoms with van der Waals surface area (Å²) in [6, 6.07) is 5.27. The standard InChI is InChI=1S/C15H18N4O2/c1-10(16)11-5-7-18(9-11)14-2-3-15(19(20)21)12-4-6-17-8-13(12)14/h2-4,6,8,10-11H,5,7,9,16H2,1H3. The molecule has 0 spiro atoms. The van der Waals surface area contributed by atoms with Crippen LogP contribution < -0.4 is 10.6 Å². The van der Waals surface area contributed by atoms with Gasteiger partial charge in [0.15, 0.2) is 0 Å². The van der Waals surface area contributed by atoms with Crippen LogP contribution in [0, 0.1) is 16.0 Å². The van der Waals surface area contributed by atoms with E-state index in [0.29, 0.717) is 11.3 Å². The molecule has 6 nitrogen and oxygen atoms in total. The summed E-state index contributed by atoms with van der Waals surface area (Å²) in [4.78, 5) is 17.2. The Balaban J connectivity index is 2.05. The summed E-state index contributed by atoms with van der Waals surface area (Å²) < 4.78 is 0. The fraction of sp³-hybridized carbons (Fsp3) is 0.400. The maximum atomic E-state index is 11.1. The Bertz CT molecular complexity index is 686. The monoisotopic (exact) mass is 286 g/mol. The third kappa shape index (κ3) is 2.42. The van der Waals surface area contributed by atoms with E-state index in [-0.39, 0.29) is 16.7 Å². The number of hydrogen-bond acceptors (Lipinski definition) is 5. The van der Waals surface area contributed by atoms with Gasteiger partial charge in [0.05, 0.1) is 10.3 Å². The molecule has 2 unspecified atom stereocenters. The Kier molecular flexibility index (Phi) is 3.47. The molecule has 1 aliphatic rings. The van der Waals surface area contributed by atoms with E-state index >= 15 is 0 Å². The van der Waals surface area contributed by atoms with Gasteiger partial charge in [0.25, 0.3) is 5.69 Å². The molecule has 0 amide bonds. The SMILES string of the molecule is CC(N)C1CCN(c2ccc([N+](=O)[O-])c3ccncc23)C1. The van der Waals surface area contributed by atoms with Gasteiger partial charge in [0, 0.05) is 48.7 Å². The van der Waals surface area contributed by atoms with Gasteiger partial charge in [-0.1, -0.05) is 0 Å². The number of nitrogens with zero attached hydrogens (tertiary/aromatic N) is 3. The van der Waals surface area contributed by atoms with Gasteiger partial charge in [-0.25, -0.2) is 0 Å². The Morgan fingerprint density at radius 1 is 1.43 bits per heavy atom. The van der Waals surface area contributed by atoms with Crippen LogP contribution in [0.25, 0.3) is 10.8 Å². The Labute approximate surface area is 122 Å². The third-order valence-electron chi connectivity index (χ3n) is 4.28. The van der Waals surface area contributed by atoms with Crippen molar-refractivity contribution in [1.29, 1.82) is 0 Å². The molecule has 21 heavy (non-hydrogen) atoms. The van der Waals surface area contributed by atoms with Crippen molar-refractivity contribution in [3.63, 3.8) is 0 Å². The second-order valence-corrected chi connectivity index (χ2v) is 5.64. The van der Waals surface area contributed by atoms with Gasteiger partial charge in [0.1, 0.15) is 0 Å². The number of nitrogens with two attached hydrogens (primary N) is 1. The smallest absolute Gasteiger partial charge is 0.277 e. The molecule has 0 aliphatic carbocycles. The van der Waals surface area contributed by atoms with Crippen molar-refractivity contribution < 1.29 is 4.92 Å². The van der Waals surface area contributed by atoms with E-state index in [9.17, 15) is 10.1 Å². The van der Waals surface area contributed by atoms with Crippen LogP contribution >= 0.6 is 0 Å². The number of nitro benzene ring substituents is 1. The van der Waals surface area contributed by atoms with Crippen LogP contribution in [0.5, 0.6) is 0 Å². The summed E-state index contributed by atoms with van der Waals surface area (Å²) >= 11 is 0. The van der Waals surface area contributed by atoms with Crippen molar-refractivity contribution in [2.24, 2.45) is 11.7 Å². The van der Waals surface area contributed by atoms with E-state index in [1.54, 1.807) is 24.5 Å². The molecule has 2 atom stereocenters. The predicted octanol–water partition coefficient (Wildman–Crippen LogP) is 2.32. The van der Waals surface area contributed by atoms with Crippen molar-refractivity contribution in [3.8, 4) is 0 Å². The van der Waals surface area contributed by atoms with E-state index in [4.69, 9.17) is 5.73 Å². The van der Waals surface area contributed by atoms with E-state index in [1.165, 1.54) is 0 Å². The number of anilines is 1. The lowest BCUT2D eigenvalue weighted by molar-refractivity contribution is -0.383. The number of non-ortho nitro benzene ring substituents is 1. The third-order valence-corrected chi connectivity index (χ3v) is 4.28. The minimum Gasteiger partial charge on any atom is -0.371 e. The van der Waals surface area contributed by atoms with Gasteiger partial charge >= 0.3 is 0 Å². The first-order valence-corrected chi connectivity index (χ1v) is 7.09. The molecule has 0 bridgehead atoms. The molecule has 1 fully saturated rings. The van der Waals surface area contributed by atoms with E-state index < -0.39 is 0 Å². The summed E-state index contributed by atoms with van der Waals surface area (Å²) in [7, 11) is 0. The van der Waals surface area contributed by atoms with E-state index in [1.807, 2.05) is 13.0 Å². The van der Waals surface area contributed by atoms with E-state index in [0.717, 1.165) is 30.6 Å². The molecule has 3 rings (SSSR count). The number of hydrogen-bond donors (Lipinski definition) is 1. The first-order chi connectivity index (χ1) is 10.1. The highest BCUT2D eigenvalue weighted by molar-refractivity contribution is 5.99. The molecule has 110 valence electrons. The minimum atomic E-state index is -0.346. The lowest BCUT2D eigenvalue weighted by atomic mass is 10.0. The van der Waals surface area contributed by atoms with Crippen LogP contribution in [0.2, 0.25) is 0 Å². The van der Waals surface area contributed by atoms with Crippen LogP contribution in [0.1, 0.15) is 13.3 Å². The molecule has 0 radical (unpaired) electrons. The van der Waals surface area contributed by atoms with Crippen LogP contribution in [0.3, 0.4) is 0 Å². The number of benzene rings is 1. The van der Waals surface area contributed by atoms with Crippen LogP contribution in [0.15, 0.2) is 30.6 Å². The fourth-order valence-corrected chi connectivity index (χ4v) is 3.03. The second kappa shape index (κ2) is 5.29. The quantitative estimate of drug-likeness (QED) is 0.691. The lowest BCUT2D eigenvalue weighted by Crippen LogP contribution is -2.29. The Morgan fingerprint density at radius 2 is 2.24 bits per heavy atom. The van der Waals surface area contributed by atoms with Crippen LogP contribution in [-0.4, -0.2) is 29.0 Å². The topological polar surface area (TPSA) is 85.3 Å². The Morgan fingerprint density at radius 3 is 2.90 bits per heavy atom. The first kappa shape index (κ1) is 13.8. The average molecular weight is 286 g/mol.